The first kappa shape index (κ1) is 17.6. The maximum absolute atomic E-state index is 12.2. The second-order valence-corrected chi connectivity index (χ2v) is 5.16. The summed E-state index contributed by atoms with van der Waals surface area (Å²) in [6.45, 7) is 3.91. The highest BCUT2D eigenvalue weighted by atomic mass is 35.5. The van der Waals surface area contributed by atoms with E-state index >= 15 is 0 Å². The monoisotopic (exact) mass is 333 g/mol. The Labute approximate surface area is 133 Å². The predicted molar refractivity (Wildman–Crippen MR) is 81.1 cm³/mol. The summed E-state index contributed by atoms with van der Waals surface area (Å²) in [5, 5.41) is 9.26. The van der Waals surface area contributed by atoms with Gasteiger partial charge in [-0.15, -0.1) is 0 Å². The van der Waals surface area contributed by atoms with Crippen LogP contribution in [-0.2, 0) is 9.59 Å². The lowest BCUT2D eigenvalue weighted by Gasteiger charge is -2.24. The zero-order chi connectivity index (χ0) is 16.0. The molecule has 1 rings (SSSR count). The normalized spacial score (nSPS) is 11.8. The smallest absolute Gasteiger partial charge is 0.305 e. The molecule has 0 aliphatic rings. The molecular formula is C14H17Cl2NO4. The first-order chi connectivity index (χ1) is 9.86. The van der Waals surface area contributed by atoms with Gasteiger partial charge in [-0.2, -0.15) is 0 Å². The number of carbonyl (C=O) groups excluding carboxylic acids is 1. The third-order valence-corrected chi connectivity index (χ3v) is 3.66. The van der Waals surface area contributed by atoms with Gasteiger partial charge in [-0.1, -0.05) is 29.3 Å². The van der Waals surface area contributed by atoms with Crippen LogP contribution in [0.4, 0.5) is 0 Å². The third kappa shape index (κ3) is 5.10. The molecule has 0 radical (unpaired) electrons. The molecule has 0 aromatic heterocycles. The van der Waals surface area contributed by atoms with Gasteiger partial charge in [0.05, 0.1) is 11.4 Å². The Kier molecular flexibility index (Phi) is 6.78. The first-order valence-corrected chi connectivity index (χ1v) is 7.23. The van der Waals surface area contributed by atoms with E-state index in [4.69, 9.17) is 33.0 Å². The van der Waals surface area contributed by atoms with Crippen molar-refractivity contribution in [1.29, 1.82) is 0 Å². The molecule has 0 fully saturated rings. The minimum atomic E-state index is -0.951. The van der Waals surface area contributed by atoms with E-state index < -0.39 is 12.1 Å². The zero-order valence-corrected chi connectivity index (χ0v) is 13.3. The van der Waals surface area contributed by atoms with Crippen molar-refractivity contribution in [3.05, 3.63) is 28.2 Å². The van der Waals surface area contributed by atoms with E-state index in [2.05, 4.69) is 0 Å². The topological polar surface area (TPSA) is 66.8 Å². The Morgan fingerprint density at radius 2 is 2.05 bits per heavy atom. The number of ether oxygens (including phenoxy) is 1. The maximum atomic E-state index is 12.2. The van der Waals surface area contributed by atoms with Crippen LogP contribution in [-0.4, -0.2) is 41.1 Å². The number of carboxylic acids is 1. The number of carbonyl (C=O) groups is 2. The van der Waals surface area contributed by atoms with Crippen molar-refractivity contribution < 1.29 is 19.4 Å². The van der Waals surface area contributed by atoms with Crippen molar-refractivity contribution in [2.24, 2.45) is 0 Å². The van der Waals surface area contributed by atoms with Gasteiger partial charge < -0.3 is 14.7 Å². The molecule has 0 aliphatic heterocycles. The number of amides is 1. The maximum Gasteiger partial charge on any atom is 0.305 e. The summed E-state index contributed by atoms with van der Waals surface area (Å²) in [5.74, 6) is -0.929. The number of carboxylic acid groups (broad SMARTS) is 1. The Balaban J connectivity index is 2.72. The van der Waals surface area contributed by atoms with E-state index in [0.717, 1.165) is 0 Å². The molecule has 0 saturated carbocycles. The van der Waals surface area contributed by atoms with Gasteiger partial charge in [0.2, 0.25) is 0 Å². The second-order valence-electron chi connectivity index (χ2n) is 4.37. The molecule has 0 aliphatic carbocycles. The summed E-state index contributed by atoms with van der Waals surface area (Å²) in [6.07, 6.45) is -0.890. The average Bonchev–Trinajstić information content (AvgIpc) is 2.44. The number of nitrogens with zero attached hydrogens (tertiary/aromatic N) is 1. The lowest BCUT2D eigenvalue weighted by molar-refractivity contribution is -0.140. The van der Waals surface area contributed by atoms with Gasteiger partial charge in [-0.3, -0.25) is 9.59 Å². The fourth-order valence-corrected chi connectivity index (χ4v) is 2.06. The van der Waals surface area contributed by atoms with Crippen LogP contribution in [0.15, 0.2) is 18.2 Å². The third-order valence-electron chi connectivity index (χ3n) is 2.86. The van der Waals surface area contributed by atoms with Crippen molar-refractivity contribution in [1.82, 2.24) is 4.90 Å². The number of hydrogen-bond donors (Lipinski definition) is 1. The molecule has 0 heterocycles. The standard InChI is InChI=1S/C14H17Cl2NO4/c1-3-17(8-7-12(18)19)14(20)9(2)21-11-6-4-5-10(15)13(11)16/h4-6,9H,3,7-8H2,1-2H3,(H,18,19). The SMILES string of the molecule is CCN(CCC(=O)O)C(=O)C(C)Oc1cccc(Cl)c1Cl. The van der Waals surface area contributed by atoms with Crippen LogP contribution in [0.1, 0.15) is 20.3 Å². The summed E-state index contributed by atoms with van der Waals surface area (Å²) < 4.78 is 5.52. The summed E-state index contributed by atoms with van der Waals surface area (Å²) >= 11 is 11.9. The van der Waals surface area contributed by atoms with Crippen LogP contribution in [0.3, 0.4) is 0 Å². The molecule has 0 spiro atoms. The van der Waals surface area contributed by atoms with E-state index in [1.165, 1.54) is 4.90 Å². The van der Waals surface area contributed by atoms with E-state index in [1.807, 2.05) is 0 Å². The van der Waals surface area contributed by atoms with Crippen molar-refractivity contribution in [3.63, 3.8) is 0 Å². The number of benzene rings is 1. The van der Waals surface area contributed by atoms with Gasteiger partial charge in [0, 0.05) is 13.1 Å². The number of likely N-dealkylation sites (N-methyl/N-ethyl adjacent to an activating group) is 1. The molecule has 5 nitrogen and oxygen atoms in total. The van der Waals surface area contributed by atoms with Gasteiger partial charge in [-0.25, -0.2) is 0 Å². The number of halogens is 2. The van der Waals surface area contributed by atoms with Crippen LogP contribution in [0.2, 0.25) is 10.0 Å². The van der Waals surface area contributed by atoms with Crippen LogP contribution < -0.4 is 4.74 Å². The Morgan fingerprint density at radius 3 is 2.62 bits per heavy atom. The van der Waals surface area contributed by atoms with Gasteiger partial charge >= 0.3 is 5.97 Å². The highest BCUT2D eigenvalue weighted by Crippen LogP contribution is 2.32. The fourth-order valence-electron chi connectivity index (χ4n) is 1.73. The van der Waals surface area contributed by atoms with Crippen molar-refractivity contribution >= 4 is 35.1 Å². The quantitative estimate of drug-likeness (QED) is 0.832. The number of rotatable bonds is 7. The highest BCUT2D eigenvalue weighted by Gasteiger charge is 2.22. The lowest BCUT2D eigenvalue weighted by Crippen LogP contribution is -2.41. The molecule has 1 unspecified atom stereocenters. The second kappa shape index (κ2) is 8.10. The summed E-state index contributed by atoms with van der Waals surface area (Å²) in [6, 6.07) is 4.91. The molecule has 1 aromatic rings. The van der Waals surface area contributed by atoms with E-state index in [-0.39, 0.29) is 23.9 Å². The van der Waals surface area contributed by atoms with Crippen LogP contribution in [0.5, 0.6) is 5.75 Å². The molecular weight excluding hydrogens is 317 g/mol. The fraction of sp³-hybridized carbons (Fsp3) is 0.429. The van der Waals surface area contributed by atoms with Crippen LogP contribution in [0, 0.1) is 0 Å². The minimum Gasteiger partial charge on any atom is -0.481 e. The Bertz CT molecular complexity index is 522. The molecule has 116 valence electrons. The number of hydrogen-bond acceptors (Lipinski definition) is 3. The van der Waals surface area contributed by atoms with E-state index in [0.29, 0.717) is 17.3 Å². The van der Waals surface area contributed by atoms with Gasteiger partial charge in [0.15, 0.2) is 6.10 Å². The highest BCUT2D eigenvalue weighted by molar-refractivity contribution is 6.42. The molecule has 1 atom stereocenters. The molecule has 0 bridgehead atoms. The molecule has 1 amide bonds. The lowest BCUT2D eigenvalue weighted by atomic mass is 10.3. The van der Waals surface area contributed by atoms with Crippen LogP contribution >= 0.6 is 23.2 Å². The van der Waals surface area contributed by atoms with Gasteiger partial charge in [0.25, 0.3) is 5.91 Å². The van der Waals surface area contributed by atoms with Crippen LogP contribution in [0.25, 0.3) is 0 Å². The Hall–Kier alpha value is -1.46. The van der Waals surface area contributed by atoms with Crippen molar-refractivity contribution in [2.75, 3.05) is 13.1 Å². The van der Waals surface area contributed by atoms with Gasteiger partial charge in [0.1, 0.15) is 10.8 Å². The van der Waals surface area contributed by atoms with Crippen molar-refractivity contribution in [3.8, 4) is 5.75 Å². The summed E-state index contributed by atoms with van der Waals surface area (Å²) in [5.41, 5.74) is 0. The average molecular weight is 334 g/mol. The Morgan fingerprint density at radius 1 is 1.38 bits per heavy atom. The number of aliphatic carboxylic acids is 1. The molecule has 1 aromatic carbocycles. The zero-order valence-electron chi connectivity index (χ0n) is 11.8. The first-order valence-electron chi connectivity index (χ1n) is 6.48. The largest absolute Gasteiger partial charge is 0.481 e. The molecule has 1 N–H and O–H groups in total. The summed E-state index contributed by atoms with van der Waals surface area (Å²) in [4.78, 5) is 24.2. The predicted octanol–water partition coefficient (Wildman–Crippen LogP) is 3.08. The van der Waals surface area contributed by atoms with E-state index in [1.54, 1.807) is 32.0 Å². The molecule has 0 saturated heterocycles. The minimum absolute atomic E-state index is 0.107. The van der Waals surface area contributed by atoms with Crippen molar-refractivity contribution in [2.45, 2.75) is 26.4 Å². The van der Waals surface area contributed by atoms with Gasteiger partial charge in [-0.05, 0) is 26.0 Å². The van der Waals surface area contributed by atoms with E-state index in [9.17, 15) is 9.59 Å². The summed E-state index contributed by atoms with van der Waals surface area (Å²) in [7, 11) is 0. The molecule has 7 heteroatoms. The molecule has 21 heavy (non-hydrogen) atoms.